The minimum absolute atomic E-state index is 0.967. The smallest absolute Gasteiger partial charge is 0.000123 e. The van der Waals surface area contributed by atoms with Gasteiger partial charge in [0, 0.05) is 0 Å². The third kappa shape index (κ3) is 3.43. The summed E-state index contributed by atoms with van der Waals surface area (Å²) in [5.41, 5.74) is 10.9. The lowest BCUT2D eigenvalue weighted by molar-refractivity contribution is 1.02. The molecule has 0 N–H and O–H groups in total. The summed E-state index contributed by atoms with van der Waals surface area (Å²) in [5, 5.41) is 0. The zero-order valence-electron chi connectivity index (χ0n) is 16.5. The third-order valence-corrected chi connectivity index (χ3v) is 5.80. The summed E-state index contributed by atoms with van der Waals surface area (Å²) in [4.78, 5) is 0. The predicted octanol–water partition coefficient (Wildman–Crippen LogP) is 7.73. The van der Waals surface area contributed by atoms with Gasteiger partial charge in [0.1, 0.15) is 0 Å². The second-order valence-corrected chi connectivity index (χ2v) is 7.62. The minimum atomic E-state index is 0.967. The highest BCUT2D eigenvalue weighted by atomic mass is 14.3. The van der Waals surface area contributed by atoms with E-state index in [2.05, 4.69) is 109 Å². The molecule has 0 amide bonds. The molecule has 0 radical (unpaired) electrons. The van der Waals surface area contributed by atoms with Crippen molar-refractivity contribution < 1.29 is 0 Å². The lowest BCUT2D eigenvalue weighted by atomic mass is 9.88. The Bertz CT molecular complexity index is 1120. The standard InChI is InChI=1S/C29H24/c1-5-13-22(14-6-1)26-21-27(23-15-7-2-8-16-23)29(25-19-11-4-12-20-25)28(26)24-17-9-3-10-18-24/h1,3-7,9-20H,2,8,21H2. The van der Waals surface area contributed by atoms with E-state index < -0.39 is 0 Å². The average molecular weight is 373 g/mol. The van der Waals surface area contributed by atoms with E-state index in [4.69, 9.17) is 0 Å². The first-order valence-electron chi connectivity index (χ1n) is 10.4. The molecule has 0 fully saturated rings. The molecule has 3 aromatic carbocycles. The van der Waals surface area contributed by atoms with E-state index in [0.717, 1.165) is 19.3 Å². The Kier molecular flexibility index (Phi) is 4.84. The van der Waals surface area contributed by atoms with Gasteiger partial charge in [-0.3, -0.25) is 0 Å². The Morgan fingerprint density at radius 2 is 1.00 bits per heavy atom. The molecule has 3 aromatic rings. The number of rotatable bonds is 4. The van der Waals surface area contributed by atoms with Gasteiger partial charge in [0.2, 0.25) is 0 Å². The fraction of sp³-hybridized carbons (Fsp3) is 0.103. The second kappa shape index (κ2) is 7.93. The molecular weight excluding hydrogens is 348 g/mol. The van der Waals surface area contributed by atoms with E-state index in [1.54, 1.807) is 0 Å². The van der Waals surface area contributed by atoms with Crippen LogP contribution in [0.2, 0.25) is 0 Å². The molecule has 0 aliphatic heterocycles. The molecule has 0 saturated heterocycles. The van der Waals surface area contributed by atoms with Crippen LogP contribution in [0.25, 0.3) is 16.7 Å². The lowest BCUT2D eigenvalue weighted by Crippen LogP contribution is -1.94. The first-order chi connectivity index (χ1) is 14.4. The van der Waals surface area contributed by atoms with Gasteiger partial charge in [-0.2, -0.15) is 0 Å². The molecular formula is C29H24. The molecule has 5 rings (SSSR count). The highest BCUT2D eigenvalue weighted by molar-refractivity contribution is 6.20. The van der Waals surface area contributed by atoms with Crippen molar-refractivity contribution >= 4 is 16.7 Å². The van der Waals surface area contributed by atoms with Gasteiger partial charge >= 0.3 is 0 Å². The van der Waals surface area contributed by atoms with Crippen LogP contribution in [0.5, 0.6) is 0 Å². The predicted molar refractivity (Wildman–Crippen MR) is 124 cm³/mol. The van der Waals surface area contributed by atoms with Gasteiger partial charge in [-0.15, -0.1) is 0 Å². The van der Waals surface area contributed by atoms with Crippen LogP contribution in [-0.4, -0.2) is 0 Å². The Hall–Kier alpha value is -3.38. The Morgan fingerprint density at radius 3 is 1.52 bits per heavy atom. The first kappa shape index (κ1) is 17.7. The first-order valence-corrected chi connectivity index (χ1v) is 10.4. The fourth-order valence-electron chi connectivity index (χ4n) is 4.47. The number of allylic oxidation sites excluding steroid dienone is 8. The summed E-state index contributed by atoms with van der Waals surface area (Å²) in [7, 11) is 0. The number of hydrogen-bond acceptors (Lipinski definition) is 0. The SMILES string of the molecule is C1=CC(C2=C(c3ccccc3)C(c3ccccc3)=C(c3ccccc3)C2)=CCC1. The van der Waals surface area contributed by atoms with Crippen LogP contribution in [0.3, 0.4) is 0 Å². The van der Waals surface area contributed by atoms with Gasteiger partial charge in [-0.1, -0.05) is 109 Å². The molecule has 29 heavy (non-hydrogen) atoms. The summed E-state index contributed by atoms with van der Waals surface area (Å²) in [6.07, 6.45) is 10.3. The summed E-state index contributed by atoms with van der Waals surface area (Å²) >= 11 is 0. The van der Waals surface area contributed by atoms with Crippen molar-refractivity contribution in [3.05, 3.63) is 137 Å². The average Bonchev–Trinajstić information content (AvgIpc) is 3.22. The van der Waals surface area contributed by atoms with Crippen molar-refractivity contribution in [1.82, 2.24) is 0 Å². The molecule has 140 valence electrons. The molecule has 0 unspecified atom stereocenters. The molecule has 2 aliphatic rings. The van der Waals surface area contributed by atoms with Crippen LogP contribution < -0.4 is 0 Å². The molecule has 0 aromatic heterocycles. The largest absolute Gasteiger partial charge is 0.0836 e. The molecule has 0 spiro atoms. The normalized spacial score (nSPS) is 16.3. The van der Waals surface area contributed by atoms with Gasteiger partial charge in [0.15, 0.2) is 0 Å². The quantitative estimate of drug-likeness (QED) is 0.439. The van der Waals surface area contributed by atoms with E-state index in [0.29, 0.717) is 0 Å². The van der Waals surface area contributed by atoms with Crippen molar-refractivity contribution in [2.45, 2.75) is 19.3 Å². The maximum atomic E-state index is 2.41. The van der Waals surface area contributed by atoms with E-state index in [1.807, 2.05) is 0 Å². The van der Waals surface area contributed by atoms with Crippen molar-refractivity contribution in [1.29, 1.82) is 0 Å². The molecule has 0 bridgehead atoms. The highest BCUT2D eigenvalue weighted by Crippen LogP contribution is 2.50. The monoisotopic (exact) mass is 372 g/mol. The van der Waals surface area contributed by atoms with Crippen LogP contribution in [0.15, 0.2) is 120 Å². The van der Waals surface area contributed by atoms with Crippen LogP contribution in [0.4, 0.5) is 0 Å². The fourth-order valence-corrected chi connectivity index (χ4v) is 4.47. The van der Waals surface area contributed by atoms with Crippen molar-refractivity contribution in [2.75, 3.05) is 0 Å². The van der Waals surface area contributed by atoms with E-state index >= 15 is 0 Å². The van der Waals surface area contributed by atoms with Crippen molar-refractivity contribution in [2.24, 2.45) is 0 Å². The lowest BCUT2D eigenvalue weighted by Gasteiger charge is -2.15. The number of hydrogen-bond donors (Lipinski definition) is 0. The Balaban J connectivity index is 1.79. The van der Waals surface area contributed by atoms with E-state index in [1.165, 1.54) is 44.6 Å². The van der Waals surface area contributed by atoms with Crippen LogP contribution in [0, 0.1) is 0 Å². The molecule has 0 saturated carbocycles. The summed E-state index contributed by atoms with van der Waals surface area (Å²) in [6, 6.07) is 32.6. The molecule has 0 heterocycles. The van der Waals surface area contributed by atoms with Gasteiger partial charge < -0.3 is 0 Å². The second-order valence-electron chi connectivity index (χ2n) is 7.62. The Morgan fingerprint density at radius 1 is 0.483 bits per heavy atom. The zero-order valence-corrected chi connectivity index (χ0v) is 16.5. The highest BCUT2D eigenvalue weighted by Gasteiger charge is 2.28. The minimum Gasteiger partial charge on any atom is -0.0836 e. The zero-order chi connectivity index (χ0) is 19.5. The van der Waals surface area contributed by atoms with Gasteiger partial charge in [-0.05, 0) is 63.8 Å². The van der Waals surface area contributed by atoms with Gasteiger partial charge in [-0.25, -0.2) is 0 Å². The van der Waals surface area contributed by atoms with Crippen molar-refractivity contribution in [3.63, 3.8) is 0 Å². The Labute approximate surface area is 173 Å². The molecule has 2 aliphatic carbocycles. The maximum Gasteiger partial charge on any atom is -0.000123 e. The summed E-state index contributed by atoms with van der Waals surface area (Å²) < 4.78 is 0. The van der Waals surface area contributed by atoms with Gasteiger partial charge in [0.05, 0.1) is 0 Å². The topological polar surface area (TPSA) is 0 Å². The van der Waals surface area contributed by atoms with Crippen molar-refractivity contribution in [3.8, 4) is 0 Å². The molecule has 0 nitrogen and oxygen atoms in total. The molecule has 0 atom stereocenters. The maximum absolute atomic E-state index is 2.41. The van der Waals surface area contributed by atoms with E-state index in [9.17, 15) is 0 Å². The van der Waals surface area contributed by atoms with Crippen LogP contribution in [0.1, 0.15) is 36.0 Å². The van der Waals surface area contributed by atoms with Crippen LogP contribution in [-0.2, 0) is 0 Å². The summed E-state index contributed by atoms with van der Waals surface area (Å²) in [5.74, 6) is 0. The van der Waals surface area contributed by atoms with E-state index in [-0.39, 0.29) is 0 Å². The number of benzene rings is 3. The van der Waals surface area contributed by atoms with Crippen LogP contribution >= 0.6 is 0 Å². The molecule has 0 heteroatoms. The summed E-state index contributed by atoms with van der Waals surface area (Å²) in [6.45, 7) is 0. The van der Waals surface area contributed by atoms with Gasteiger partial charge in [0.25, 0.3) is 0 Å². The third-order valence-electron chi connectivity index (χ3n) is 5.80.